The minimum Gasteiger partial charge on any atom is -0.491 e. The summed E-state index contributed by atoms with van der Waals surface area (Å²) in [6.07, 6.45) is -5.41. The average molecular weight is 267 g/mol. The first-order valence-electron chi connectivity index (χ1n) is 5.25. The van der Waals surface area contributed by atoms with Crippen LogP contribution >= 0.6 is 0 Å². The Kier molecular flexibility index (Phi) is 4.63. The quantitative estimate of drug-likeness (QED) is 0.658. The third-order valence-electron chi connectivity index (χ3n) is 2.01. The molecular formula is C11H13F4NO2. The van der Waals surface area contributed by atoms with E-state index in [9.17, 15) is 17.6 Å². The fourth-order valence-corrected chi connectivity index (χ4v) is 1.22. The molecule has 0 aliphatic heterocycles. The van der Waals surface area contributed by atoms with E-state index in [2.05, 4.69) is 0 Å². The summed E-state index contributed by atoms with van der Waals surface area (Å²) in [5.41, 5.74) is 5.36. The van der Waals surface area contributed by atoms with Gasteiger partial charge in [-0.1, -0.05) is 0 Å². The van der Waals surface area contributed by atoms with Crippen LogP contribution in [0.5, 0.6) is 11.5 Å². The summed E-state index contributed by atoms with van der Waals surface area (Å²) in [7, 11) is 0. The lowest BCUT2D eigenvalue weighted by atomic mass is 10.2. The molecule has 0 aromatic heterocycles. The molecule has 0 bridgehead atoms. The number of rotatable bonds is 5. The number of benzene rings is 1. The van der Waals surface area contributed by atoms with Crippen LogP contribution < -0.4 is 15.2 Å². The van der Waals surface area contributed by atoms with E-state index in [0.29, 0.717) is 0 Å². The van der Waals surface area contributed by atoms with Crippen molar-refractivity contribution in [2.45, 2.75) is 19.5 Å². The molecule has 0 amide bonds. The van der Waals surface area contributed by atoms with E-state index >= 15 is 0 Å². The zero-order valence-corrected chi connectivity index (χ0v) is 9.68. The van der Waals surface area contributed by atoms with Crippen LogP contribution in [0.4, 0.5) is 23.2 Å². The van der Waals surface area contributed by atoms with Crippen molar-refractivity contribution >= 4 is 5.69 Å². The highest BCUT2D eigenvalue weighted by Gasteiger charge is 2.27. The van der Waals surface area contributed by atoms with Crippen molar-refractivity contribution in [1.29, 1.82) is 0 Å². The zero-order valence-electron chi connectivity index (χ0n) is 9.68. The van der Waals surface area contributed by atoms with Gasteiger partial charge in [-0.05, 0) is 6.92 Å². The highest BCUT2D eigenvalue weighted by atomic mass is 19.4. The van der Waals surface area contributed by atoms with Crippen molar-refractivity contribution in [3.8, 4) is 11.5 Å². The van der Waals surface area contributed by atoms with Gasteiger partial charge in [-0.15, -0.1) is 0 Å². The van der Waals surface area contributed by atoms with E-state index in [1.165, 1.54) is 0 Å². The Morgan fingerprint density at radius 2 is 1.83 bits per heavy atom. The highest BCUT2D eigenvalue weighted by molar-refractivity contribution is 5.56. The van der Waals surface area contributed by atoms with Crippen LogP contribution in [0.15, 0.2) is 12.1 Å². The maximum Gasteiger partial charge on any atom is 0.392 e. The smallest absolute Gasteiger partial charge is 0.392 e. The van der Waals surface area contributed by atoms with Gasteiger partial charge < -0.3 is 15.2 Å². The van der Waals surface area contributed by atoms with Crippen LogP contribution in [-0.4, -0.2) is 19.4 Å². The number of ether oxygens (including phenoxy) is 2. The number of anilines is 1. The summed E-state index contributed by atoms with van der Waals surface area (Å²) < 4.78 is 58.9. The van der Waals surface area contributed by atoms with Gasteiger partial charge in [0.2, 0.25) is 0 Å². The Hall–Kier alpha value is -1.66. The number of nitrogen functional groups attached to an aromatic ring is 1. The average Bonchev–Trinajstić information content (AvgIpc) is 2.23. The molecule has 0 heterocycles. The largest absolute Gasteiger partial charge is 0.491 e. The second-order valence-electron chi connectivity index (χ2n) is 3.47. The zero-order chi connectivity index (χ0) is 13.8. The van der Waals surface area contributed by atoms with Crippen LogP contribution in [-0.2, 0) is 0 Å². The first kappa shape index (κ1) is 14.4. The second kappa shape index (κ2) is 5.79. The van der Waals surface area contributed by atoms with Gasteiger partial charge >= 0.3 is 6.18 Å². The Balaban J connectivity index is 2.73. The Bertz CT molecular complexity index is 407. The SMILES string of the molecule is CCOc1cc(OCCC(F)(F)F)c(N)cc1F. The molecule has 0 unspecified atom stereocenters. The molecule has 0 fully saturated rings. The van der Waals surface area contributed by atoms with Gasteiger partial charge in [0.1, 0.15) is 5.75 Å². The summed E-state index contributed by atoms with van der Waals surface area (Å²) in [5, 5.41) is 0. The molecule has 0 radical (unpaired) electrons. The third-order valence-corrected chi connectivity index (χ3v) is 2.01. The maximum atomic E-state index is 13.3. The van der Waals surface area contributed by atoms with E-state index in [4.69, 9.17) is 15.2 Å². The van der Waals surface area contributed by atoms with Gasteiger partial charge in [0.15, 0.2) is 11.6 Å². The lowest BCUT2D eigenvalue weighted by Crippen LogP contribution is -2.13. The maximum absolute atomic E-state index is 13.3. The van der Waals surface area contributed by atoms with Gasteiger partial charge in [0.25, 0.3) is 0 Å². The Labute approximate surface area is 101 Å². The summed E-state index contributed by atoms with van der Waals surface area (Å²) in [4.78, 5) is 0. The number of alkyl halides is 3. The molecule has 1 aromatic carbocycles. The van der Waals surface area contributed by atoms with Crippen molar-refractivity contribution in [2.75, 3.05) is 18.9 Å². The van der Waals surface area contributed by atoms with Crippen molar-refractivity contribution in [3.05, 3.63) is 17.9 Å². The summed E-state index contributed by atoms with van der Waals surface area (Å²) in [6, 6.07) is 2.10. The van der Waals surface area contributed by atoms with Crippen LogP contribution in [0.1, 0.15) is 13.3 Å². The van der Waals surface area contributed by atoms with Crippen LogP contribution in [0.2, 0.25) is 0 Å². The molecule has 2 N–H and O–H groups in total. The third kappa shape index (κ3) is 4.31. The van der Waals surface area contributed by atoms with Gasteiger partial charge in [-0.25, -0.2) is 4.39 Å². The molecule has 102 valence electrons. The number of hydrogen-bond donors (Lipinski definition) is 1. The van der Waals surface area contributed by atoms with Crippen molar-refractivity contribution in [3.63, 3.8) is 0 Å². The molecule has 1 aromatic rings. The van der Waals surface area contributed by atoms with Gasteiger partial charge in [0.05, 0.1) is 25.3 Å². The van der Waals surface area contributed by atoms with E-state index in [-0.39, 0.29) is 23.8 Å². The normalized spacial score (nSPS) is 11.4. The lowest BCUT2D eigenvalue weighted by Gasteiger charge is -2.12. The van der Waals surface area contributed by atoms with Gasteiger partial charge in [-0.3, -0.25) is 0 Å². The molecule has 1 rings (SSSR count). The summed E-state index contributed by atoms with van der Waals surface area (Å²) >= 11 is 0. The molecule has 0 atom stereocenters. The number of hydrogen-bond acceptors (Lipinski definition) is 3. The Morgan fingerprint density at radius 1 is 1.17 bits per heavy atom. The van der Waals surface area contributed by atoms with Crippen LogP contribution in [0, 0.1) is 5.82 Å². The molecule has 18 heavy (non-hydrogen) atoms. The molecule has 0 aliphatic rings. The van der Waals surface area contributed by atoms with Crippen molar-refractivity contribution in [2.24, 2.45) is 0 Å². The fraction of sp³-hybridized carbons (Fsp3) is 0.455. The highest BCUT2D eigenvalue weighted by Crippen LogP contribution is 2.31. The molecule has 0 aliphatic carbocycles. The molecule has 7 heteroatoms. The second-order valence-corrected chi connectivity index (χ2v) is 3.47. The van der Waals surface area contributed by atoms with Gasteiger partial charge in [-0.2, -0.15) is 13.2 Å². The first-order chi connectivity index (χ1) is 8.33. The fourth-order valence-electron chi connectivity index (χ4n) is 1.22. The minimum absolute atomic E-state index is 0.0240. The number of halogens is 4. The lowest BCUT2D eigenvalue weighted by molar-refractivity contribution is -0.139. The monoisotopic (exact) mass is 267 g/mol. The molecule has 0 saturated carbocycles. The van der Waals surface area contributed by atoms with E-state index in [0.717, 1.165) is 12.1 Å². The molecular weight excluding hydrogens is 254 g/mol. The molecule has 3 nitrogen and oxygen atoms in total. The van der Waals surface area contributed by atoms with Crippen LogP contribution in [0.3, 0.4) is 0 Å². The standard InChI is InChI=1S/C11H13F4NO2/c1-2-17-9-6-10(8(16)5-7(9)12)18-4-3-11(13,14)15/h5-6H,2-4,16H2,1H3. The Morgan fingerprint density at radius 3 is 2.39 bits per heavy atom. The van der Waals surface area contributed by atoms with E-state index in [1.807, 2.05) is 0 Å². The molecule has 0 saturated heterocycles. The summed E-state index contributed by atoms with van der Waals surface area (Å²) in [6.45, 7) is 1.30. The first-order valence-corrected chi connectivity index (χ1v) is 5.25. The van der Waals surface area contributed by atoms with Crippen LogP contribution in [0.25, 0.3) is 0 Å². The summed E-state index contributed by atoms with van der Waals surface area (Å²) in [5.74, 6) is -0.810. The minimum atomic E-state index is -4.31. The predicted molar refractivity (Wildman–Crippen MR) is 58.1 cm³/mol. The van der Waals surface area contributed by atoms with Gasteiger partial charge in [0, 0.05) is 12.1 Å². The molecule has 0 spiro atoms. The van der Waals surface area contributed by atoms with Crippen molar-refractivity contribution in [1.82, 2.24) is 0 Å². The predicted octanol–water partition coefficient (Wildman–Crippen LogP) is 3.14. The number of nitrogens with two attached hydrogens (primary N) is 1. The van der Waals surface area contributed by atoms with Crippen molar-refractivity contribution < 1.29 is 27.0 Å². The topological polar surface area (TPSA) is 44.5 Å². The van der Waals surface area contributed by atoms with E-state index < -0.39 is 25.0 Å². The van der Waals surface area contributed by atoms with E-state index in [1.54, 1.807) is 6.92 Å².